The first-order valence-corrected chi connectivity index (χ1v) is 8.48. The summed E-state index contributed by atoms with van der Waals surface area (Å²) in [6.45, 7) is 3.45. The monoisotopic (exact) mass is 318 g/mol. The maximum atomic E-state index is 12.1. The summed E-state index contributed by atoms with van der Waals surface area (Å²) in [7, 11) is 0. The van der Waals surface area contributed by atoms with E-state index in [2.05, 4.69) is 17.6 Å². The summed E-state index contributed by atoms with van der Waals surface area (Å²) in [6.07, 6.45) is 5.82. The minimum absolute atomic E-state index is 0.0223. The van der Waals surface area contributed by atoms with Crippen molar-refractivity contribution < 1.29 is 14.3 Å². The molecule has 23 heavy (non-hydrogen) atoms. The lowest BCUT2D eigenvalue weighted by atomic mass is 10.1. The summed E-state index contributed by atoms with van der Waals surface area (Å²) in [6, 6.07) is 6.98. The summed E-state index contributed by atoms with van der Waals surface area (Å²) in [4.78, 5) is 23.8. The average Bonchev–Trinajstić information content (AvgIpc) is 3.07. The summed E-state index contributed by atoms with van der Waals surface area (Å²) >= 11 is 0. The first-order chi connectivity index (χ1) is 11.2. The molecular weight excluding hydrogens is 292 g/mol. The lowest BCUT2D eigenvalue weighted by Gasteiger charge is -2.11. The number of benzene rings is 1. The molecule has 5 heteroatoms. The van der Waals surface area contributed by atoms with Crippen LogP contribution in [0.25, 0.3) is 0 Å². The second kappa shape index (κ2) is 9.30. The van der Waals surface area contributed by atoms with Crippen molar-refractivity contribution >= 4 is 17.5 Å². The van der Waals surface area contributed by atoms with Crippen molar-refractivity contribution in [3.8, 4) is 0 Å². The van der Waals surface area contributed by atoms with E-state index in [4.69, 9.17) is 4.74 Å². The van der Waals surface area contributed by atoms with Crippen LogP contribution in [0.1, 0.15) is 55.8 Å². The fourth-order valence-electron chi connectivity index (χ4n) is 2.58. The highest BCUT2D eigenvalue weighted by Crippen LogP contribution is 2.13. The topological polar surface area (TPSA) is 67.4 Å². The number of nitrogens with one attached hydrogen (secondary N) is 2. The van der Waals surface area contributed by atoms with Crippen LogP contribution in [0.15, 0.2) is 24.3 Å². The van der Waals surface area contributed by atoms with Crippen LogP contribution in [0.3, 0.4) is 0 Å². The molecule has 2 amide bonds. The van der Waals surface area contributed by atoms with Crippen LogP contribution in [0.5, 0.6) is 0 Å². The van der Waals surface area contributed by atoms with Crippen molar-refractivity contribution in [3.05, 3.63) is 29.8 Å². The number of ether oxygens (including phenoxy) is 1. The van der Waals surface area contributed by atoms with Crippen molar-refractivity contribution in [2.24, 2.45) is 0 Å². The molecule has 0 aromatic heterocycles. The molecule has 1 aliphatic heterocycles. The van der Waals surface area contributed by atoms with E-state index in [1.807, 2.05) is 0 Å². The second-order valence-corrected chi connectivity index (χ2v) is 5.93. The Labute approximate surface area is 137 Å². The summed E-state index contributed by atoms with van der Waals surface area (Å²) in [5.74, 6) is -0.0876. The van der Waals surface area contributed by atoms with Gasteiger partial charge >= 0.3 is 0 Å². The van der Waals surface area contributed by atoms with Crippen LogP contribution in [0.4, 0.5) is 5.69 Å². The molecule has 0 bridgehead atoms. The molecule has 1 heterocycles. The molecule has 1 aromatic rings. The molecule has 1 aromatic carbocycles. The van der Waals surface area contributed by atoms with Gasteiger partial charge in [0.05, 0.1) is 6.10 Å². The van der Waals surface area contributed by atoms with Gasteiger partial charge in [-0.05, 0) is 43.5 Å². The number of unbranched alkanes of at least 4 members (excludes halogenated alkanes) is 2. The zero-order chi connectivity index (χ0) is 16.5. The standard InChI is InChI=1S/C18H26N2O3/c1-2-3-4-7-17(21)20-15-10-8-14(9-11-15)18(22)19-13-16-6-5-12-23-16/h8-11,16H,2-7,12-13H2,1H3,(H,19,22)(H,20,21)/t16-/m0/s1. The van der Waals surface area contributed by atoms with Crippen LogP contribution < -0.4 is 10.6 Å². The van der Waals surface area contributed by atoms with Crippen LogP contribution >= 0.6 is 0 Å². The first kappa shape index (κ1) is 17.5. The van der Waals surface area contributed by atoms with Gasteiger partial charge in [-0.25, -0.2) is 0 Å². The third kappa shape index (κ3) is 6.02. The highest BCUT2D eigenvalue weighted by molar-refractivity contribution is 5.95. The second-order valence-electron chi connectivity index (χ2n) is 5.93. The molecule has 1 atom stereocenters. The van der Waals surface area contributed by atoms with Gasteiger partial charge in [0.15, 0.2) is 0 Å². The van der Waals surface area contributed by atoms with Gasteiger partial charge in [-0.15, -0.1) is 0 Å². The van der Waals surface area contributed by atoms with E-state index in [1.165, 1.54) is 0 Å². The average molecular weight is 318 g/mol. The van der Waals surface area contributed by atoms with E-state index < -0.39 is 0 Å². The molecule has 126 valence electrons. The van der Waals surface area contributed by atoms with Crippen molar-refractivity contribution in [1.29, 1.82) is 0 Å². The van der Waals surface area contributed by atoms with Crippen molar-refractivity contribution in [2.45, 2.75) is 51.6 Å². The molecule has 2 N–H and O–H groups in total. The minimum atomic E-state index is -0.110. The number of carbonyl (C=O) groups is 2. The highest BCUT2D eigenvalue weighted by atomic mass is 16.5. The van der Waals surface area contributed by atoms with Crippen LogP contribution in [-0.4, -0.2) is 31.1 Å². The van der Waals surface area contributed by atoms with Crippen molar-refractivity contribution in [2.75, 3.05) is 18.5 Å². The van der Waals surface area contributed by atoms with E-state index in [1.54, 1.807) is 24.3 Å². The number of carbonyl (C=O) groups excluding carboxylic acids is 2. The van der Waals surface area contributed by atoms with Gasteiger partial charge in [-0.2, -0.15) is 0 Å². The molecule has 0 saturated carbocycles. The summed E-state index contributed by atoms with van der Waals surface area (Å²) in [5.41, 5.74) is 1.31. The van der Waals surface area contributed by atoms with Crippen LogP contribution in [0.2, 0.25) is 0 Å². The molecule has 1 saturated heterocycles. The fraction of sp³-hybridized carbons (Fsp3) is 0.556. The van der Waals surface area contributed by atoms with Crippen LogP contribution in [0, 0.1) is 0 Å². The predicted octanol–water partition coefficient (Wildman–Crippen LogP) is 3.11. The Kier molecular flexibility index (Phi) is 7.07. The Morgan fingerprint density at radius 3 is 2.65 bits per heavy atom. The van der Waals surface area contributed by atoms with E-state index in [0.29, 0.717) is 18.5 Å². The number of amides is 2. The molecule has 5 nitrogen and oxygen atoms in total. The largest absolute Gasteiger partial charge is 0.376 e. The summed E-state index contributed by atoms with van der Waals surface area (Å²) in [5, 5.41) is 5.74. The van der Waals surface area contributed by atoms with Gasteiger partial charge in [0.1, 0.15) is 0 Å². The molecule has 1 aliphatic rings. The van der Waals surface area contributed by atoms with Gasteiger partial charge in [-0.1, -0.05) is 19.8 Å². The van der Waals surface area contributed by atoms with Gasteiger partial charge in [0.2, 0.25) is 5.91 Å². The summed E-state index contributed by atoms with van der Waals surface area (Å²) < 4.78 is 5.48. The van der Waals surface area contributed by atoms with Gasteiger partial charge in [-0.3, -0.25) is 9.59 Å². The third-order valence-corrected chi connectivity index (χ3v) is 3.95. The number of rotatable bonds is 8. The predicted molar refractivity (Wildman–Crippen MR) is 90.5 cm³/mol. The zero-order valence-corrected chi connectivity index (χ0v) is 13.8. The lowest BCUT2D eigenvalue weighted by Crippen LogP contribution is -2.31. The number of hydrogen-bond donors (Lipinski definition) is 2. The molecular formula is C18H26N2O3. The quantitative estimate of drug-likeness (QED) is 0.724. The molecule has 0 aliphatic carbocycles. The number of anilines is 1. The van der Waals surface area contributed by atoms with E-state index in [-0.39, 0.29) is 17.9 Å². The maximum absolute atomic E-state index is 12.1. The van der Waals surface area contributed by atoms with Gasteiger partial charge in [0.25, 0.3) is 5.91 Å². The van der Waals surface area contributed by atoms with Gasteiger partial charge in [0, 0.05) is 30.8 Å². The zero-order valence-electron chi connectivity index (χ0n) is 13.8. The number of hydrogen-bond acceptors (Lipinski definition) is 3. The van der Waals surface area contributed by atoms with E-state index in [0.717, 1.165) is 44.4 Å². The smallest absolute Gasteiger partial charge is 0.251 e. The highest BCUT2D eigenvalue weighted by Gasteiger charge is 2.16. The Bertz CT molecular complexity index is 508. The maximum Gasteiger partial charge on any atom is 0.251 e. The van der Waals surface area contributed by atoms with E-state index >= 15 is 0 Å². The molecule has 0 spiro atoms. The SMILES string of the molecule is CCCCCC(=O)Nc1ccc(C(=O)NC[C@@H]2CCCO2)cc1. The Hall–Kier alpha value is -1.88. The minimum Gasteiger partial charge on any atom is -0.376 e. The van der Waals surface area contributed by atoms with Crippen molar-refractivity contribution in [3.63, 3.8) is 0 Å². The fourth-order valence-corrected chi connectivity index (χ4v) is 2.58. The Balaban J connectivity index is 1.76. The van der Waals surface area contributed by atoms with Crippen LogP contribution in [-0.2, 0) is 9.53 Å². The van der Waals surface area contributed by atoms with Crippen molar-refractivity contribution in [1.82, 2.24) is 5.32 Å². The lowest BCUT2D eigenvalue weighted by molar-refractivity contribution is -0.116. The normalized spacial score (nSPS) is 17.0. The first-order valence-electron chi connectivity index (χ1n) is 8.48. The molecule has 0 unspecified atom stereocenters. The Morgan fingerprint density at radius 1 is 1.22 bits per heavy atom. The molecule has 0 radical (unpaired) electrons. The Morgan fingerprint density at radius 2 is 2.00 bits per heavy atom. The van der Waals surface area contributed by atoms with Gasteiger partial charge < -0.3 is 15.4 Å². The molecule has 1 fully saturated rings. The molecule has 2 rings (SSSR count). The third-order valence-electron chi connectivity index (χ3n) is 3.95. The van der Waals surface area contributed by atoms with E-state index in [9.17, 15) is 9.59 Å².